The highest BCUT2D eigenvalue weighted by Crippen LogP contribution is 2.32. The van der Waals surface area contributed by atoms with Crippen LogP contribution < -0.4 is 5.32 Å². The number of thioether (sulfide) groups is 1. The molecular weight excluding hydrogens is 360 g/mol. The molecule has 9 heteroatoms. The first-order valence-corrected chi connectivity index (χ1v) is 8.87. The summed E-state index contributed by atoms with van der Waals surface area (Å²) < 4.78 is 7.51. The molecule has 2 amide bonds. The first-order valence-electron chi connectivity index (χ1n) is 7.65. The number of furan rings is 1. The first-order chi connectivity index (χ1) is 12.1. The van der Waals surface area contributed by atoms with Crippen molar-refractivity contribution in [3.63, 3.8) is 0 Å². The van der Waals surface area contributed by atoms with Crippen LogP contribution in [0.5, 0.6) is 0 Å². The third-order valence-corrected chi connectivity index (χ3v) is 4.84. The van der Waals surface area contributed by atoms with Crippen LogP contribution in [-0.2, 0) is 16.1 Å². The summed E-state index contributed by atoms with van der Waals surface area (Å²) in [6.07, 6.45) is 9.25. The van der Waals surface area contributed by atoms with E-state index >= 15 is 0 Å². The van der Waals surface area contributed by atoms with Crippen molar-refractivity contribution in [2.45, 2.75) is 13.0 Å². The monoisotopic (exact) mass is 376 g/mol. The van der Waals surface area contributed by atoms with Gasteiger partial charge in [0.1, 0.15) is 16.6 Å². The Labute approximate surface area is 154 Å². The van der Waals surface area contributed by atoms with E-state index in [-0.39, 0.29) is 18.4 Å². The van der Waals surface area contributed by atoms with Crippen molar-refractivity contribution in [2.24, 2.45) is 0 Å². The van der Waals surface area contributed by atoms with Crippen LogP contribution in [0.2, 0.25) is 0 Å². The van der Waals surface area contributed by atoms with Crippen LogP contribution in [0.15, 0.2) is 46.4 Å². The molecule has 0 saturated carbocycles. The third-order valence-electron chi connectivity index (χ3n) is 3.47. The molecule has 0 spiro atoms. The molecule has 0 unspecified atom stereocenters. The molecule has 2 aromatic heterocycles. The van der Waals surface area contributed by atoms with Crippen molar-refractivity contribution in [3.8, 4) is 0 Å². The molecule has 1 saturated heterocycles. The van der Waals surface area contributed by atoms with Gasteiger partial charge in [-0.05, 0) is 18.6 Å². The molecule has 130 valence electrons. The molecular formula is C16H16N4O3S2. The number of hydrogen-bond donors (Lipinski definition) is 1. The number of thiocarbonyl (C=S) groups is 1. The van der Waals surface area contributed by atoms with Crippen molar-refractivity contribution < 1.29 is 14.0 Å². The van der Waals surface area contributed by atoms with Crippen molar-refractivity contribution in [3.05, 3.63) is 47.8 Å². The fourth-order valence-electron chi connectivity index (χ4n) is 2.25. The molecule has 1 fully saturated rings. The predicted octanol–water partition coefficient (Wildman–Crippen LogP) is 1.88. The Balaban J connectivity index is 1.47. The number of amides is 2. The lowest BCUT2D eigenvalue weighted by molar-refractivity contribution is -0.128. The average molecular weight is 376 g/mol. The third kappa shape index (κ3) is 4.58. The molecule has 0 aromatic carbocycles. The Bertz CT molecular complexity index is 784. The van der Waals surface area contributed by atoms with Crippen LogP contribution >= 0.6 is 24.0 Å². The lowest BCUT2D eigenvalue weighted by Crippen LogP contribution is -2.39. The lowest BCUT2D eigenvalue weighted by Gasteiger charge is -2.14. The molecule has 3 heterocycles. The highest BCUT2D eigenvalue weighted by atomic mass is 32.2. The Hall–Kier alpha value is -2.39. The van der Waals surface area contributed by atoms with Crippen molar-refractivity contribution in [1.82, 2.24) is 19.8 Å². The van der Waals surface area contributed by atoms with Crippen LogP contribution in [0.3, 0.4) is 0 Å². The Kier molecular flexibility index (Phi) is 5.67. The van der Waals surface area contributed by atoms with Crippen LogP contribution in [0.25, 0.3) is 6.08 Å². The Morgan fingerprint density at radius 3 is 3.08 bits per heavy atom. The second-order valence-electron chi connectivity index (χ2n) is 5.29. The minimum atomic E-state index is -0.278. The number of aromatic nitrogens is 2. The van der Waals surface area contributed by atoms with E-state index in [1.54, 1.807) is 30.7 Å². The van der Waals surface area contributed by atoms with E-state index in [4.69, 9.17) is 16.6 Å². The summed E-state index contributed by atoms with van der Waals surface area (Å²) in [6, 6.07) is 3.49. The number of rotatable bonds is 7. The maximum atomic E-state index is 12.4. The molecule has 25 heavy (non-hydrogen) atoms. The minimum Gasteiger partial charge on any atom is -0.465 e. The van der Waals surface area contributed by atoms with Gasteiger partial charge >= 0.3 is 0 Å². The molecule has 1 aliphatic heterocycles. The number of carbonyl (C=O) groups excluding carboxylic acids is 2. The van der Waals surface area contributed by atoms with Crippen LogP contribution in [-0.4, -0.2) is 43.7 Å². The molecule has 3 rings (SSSR count). The van der Waals surface area contributed by atoms with Gasteiger partial charge in [0.15, 0.2) is 0 Å². The quantitative estimate of drug-likeness (QED) is 0.452. The van der Waals surface area contributed by atoms with Gasteiger partial charge in [0, 0.05) is 31.6 Å². The van der Waals surface area contributed by atoms with Gasteiger partial charge in [0.25, 0.3) is 5.91 Å². The second kappa shape index (κ2) is 8.13. The van der Waals surface area contributed by atoms with E-state index in [9.17, 15) is 9.59 Å². The molecule has 0 atom stereocenters. The maximum absolute atomic E-state index is 12.4. The predicted molar refractivity (Wildman–Crippen MR) is 98.4 cm³/mol. The smallest absolute Gasteiger partial charge is 0.266 e. The Morgan fingerprint density at radius 1 is 1.48 bits per heavy atom. The first kappa shape index (κ1) is 17.4. The molecule has 7 nitrogen and oxygen atoms in total. The van der Waals surface area contributed by atoms with Gasteiger partial charge in [0.05, 0.1) is 17.5 Å². The van der Waals surface area contributed by atoms with Gasteiger partial charge in [-0.3, -0.25) is 14.5 Å². The average Bonchev–Trinajstić information content (AvgIpc) is 3.32. The van der Waals surface area contributed by atoms with Gasteiger partial charge < -0.3 is 14.3 Å². The molecule has 1 N–H and O–H groups in total. The van der Waals surface area contributed by atoms with Gasteiger partial charge in [-0.1, -0.05) is 24.0 Å². The van der Waals surface area contributed by atoms with Gasteiger partial charge in [0.2, 0.25) is 5.91 Å². The standard InChI is InChI=1S/C16H16N4O3S2/c21-14(18-4-2-6-19-7-5-17-11-19)10-20-15(22)13(25-16(20)24)9-12-3-1-8-23-12/h1,3,5,7-9,11H,2,4,6,10H2,(H,18,21). The zero-order valence-corrected chi connectivity index (χ0v) is 14.9. The van der Waals surface area contributed by atoms with E-state index in [1.165, 1.54) is 22.9 Å². The summed E-state index contributed by atoms with van der Waals surface area (Å²) in [7, 11) is 0. The van der Waals surface area contributed by atoms with E-state index in [0.717, 1.165) is 13.0 Å². The summed E-state index contributed by atoms with van der Waals surface area (Å²) in [5.74, 6) is 0.0607. The van der Waals surface area contributed by atoms with Crippen LogP contribution in [0.1, 0.15) is 12.2 Å². The molecule has 0 aliphatic carbocycles. The molecule has 2 aromatic rings. The molecule has 1 aliphatic rings. The maximum Gasteiger partial charge on any atom is 0.266 e. The molecule has 0 bridgehead atoms. The largest absolute Gasteiger partial charge is 0.465 e. The summed E-state index contributed by atoms with van der Waals surface area (Å²) in [4.78, 5) is 30.1. The number of aryl methyl sites for hydroxylation is 1. The van der Waals surface area contributed by atoms with E-state index in [1.807, 2.05) is 10.8 Å². The van der Waals surface area contributed by atoms with Gasteiger partial charge in [-0.25, -0.2) is 4.98 Å². The number of imidazole rings is 1. The zero-order chi connectivity index (χ0) is 17.6. The van der Waals surface area contributed by atoms with E-state index in [2.05, 4.69) is 10.3 Å². The summed E-state index contributed by atoms with van der Waals surface area (Å²) in [5.41, 5.74) is 0. The Morgan fingerprint density at radius 2 is 2.36 bits per heavy atom. The fourth-order valence-corrected chi connectivity index (χ4v) is 3.48. The number of hydrogen-bond acceptors (Lipinski definition) is 6. The second-order valence-corrected chi connectivity index (χ2v) is 6.96. The lowest BCUT2D eigenvalue weighted by atomic mass is 10.3. The normalized spacial score (nSPS) is 16.0. The van der Waals surface area contributed by atoms with E-state index < -0.39 is 0 Å². The van der Waals surface area contributed by atoms with Crippen LogP contribution in [0, 0.1) is 0 Å². The topological polar surface area (TPSA) is 80.4 Å². The fraction of sp³-hybridized carbons (Fsp3) is 0.250. The van der Waals surface area contributed by atoms with Crippen molar-refractivity contribution in [2.75, 3.05) is 13.1 Å². The minimum absolute atomic E-state index is 0.0781. The molecule has 0 radical (unpaired) electrons. The van der Waals surface area contributed by atoms with Gasteiger partial charge in [-0.2, -0.15) is 0 Å². The number of carbonyl (C=O) groups is 2. The van der Waals surface area contributed by atoms with Gasteiger partial charge in [-0.15, -0.1) is 0 Å². The van der Waals surface area contributed by atoms with E-state index in [0.29, 0.717) is 21.5 Å². The van der Waals surface area contributed by atoms with Crippen molar-refractivity contribution in [1.29, 1.82) is 0 Å². The number of nitrogens with zero attached hydrogens (tertiary/aromatic N) is 3. The SMILES string of the molecule is O=C(CN1C(=O)C(=Cc2ccco2)SC1=S)NCCCn1ccnc1. The van der Waals surface area contributed by atoms with Crippen molar-refractivity contribution >= 4 is 46.2 Å². The zero-order valence-electron chi connectivity index (χ0n) is 13.3. The summed E-state index contributed by atoms with van der Waals surface area (Å²) >= 11 is 6.37. The highest BCUT2D eigenvalue weighted by Gasteiger charge is 2.33. The summed E-state index contributed by atoms with van der Waals surface area (Å²) in [6.45, 7) is 1.21. The highest BCUT2D eigenvalue weighted by molar-refractivity contribution is 8.26. The number of nitrogens with one attached hydrogen (secondary N) is 1. The summed E-state index contributed by atoms with van der Waals surface area (Å²) in [5, 5.41) is 2.80. The van der Waals surface area contributed by atoms with Crippen LogP contribution in [0.4, 0.5) is 0 Å².